The Morgan fingerprint density at radius 2 is 1.83 bits per heavy atom. The number of amides is 1. The zero-order valence-electron chi connectivity index (χ0n) is 19.6. The molecule has 3 heterocycles. The maximum Gasteiger partial charge on any atom is 0.261 e. The van der Waals surface area contributed by atoms with E-state index in [4.69, 9.17) is 9.72 Å². The summed E-state index contributed by atoms with van der Waals surface area (Å²) in [7, 11) is 0. The average Bonchev–Trinajstić information content (AvgIpc) is 2.88. The number of aryl methyl sites for hydroxylation is 1. The number of carbonyl (C=O) groups excluding carboxylic acids is 1. The van der Waals surface area contributed by atoms with Gasteiger partial charge in [-0.3, -0.25) is 14.2 Å². The molecule has 0 saturated carbocycles. The third kappa shape index (κ3) is 5.40. The molecular weight excluding hydrogens is 440 g/mol. The molecule has 0 atom stereocenters. The molecule has 2 aromatic carbocycles. The minimum atomic E-state index is -0.218. The fourth-order valence-corrected chi connectivity index (χ4v) is 4.39. The van der Waals surface area contributed by atoms with Crippen molar-refractivity contribution in [2.24, 2.45) is 0 Å². The maximum atomic E-state index is 13.0. The lowest BCUT2D eigenvalue weighted by molar-refractivity contribution is 0.0951. The van der Waals surface area contributed by atoms with Crippen molar-refractivity contribution in [3.8, 4) is 5.88 Å². The molecule has 1 amide bonds. The molecular formula is C28H28N4O3. The van der Waals surface area contributed by atoms with E-state index in [1.54, 1.807) is 24.4 Å². The van der Waals surface area contributed by atoms with Crippen molar-refractivity contribution in [3.63, 3.8) is 0 Å². The zero-order chi connectivity index (χ0) is 24.0. The fraction of sp³-hybridized carbons (Fsp3) is 0.286. The number of nitrogens with zero attached hydrogens (tertiary/aromatic N) is 3. The van der Waals surface area contributed by atoms with Gasteiger partial charge in [-0.25, -0.2) is 9.97 Å². The minimum absolute atomic E-state index is 0.0151. The third-order valence-electron chi connectivity index (χ3n) is 6.31. The van der Waals surface area contributed by atoms with Crippen molar-refractivity contribution in [3.05, 3.63) is 99.7 Å². The summed E-state index contributed by atoms with van der Waals surface area (Å²) in [6.07, 6.45) is 6.78. The Hall–Kier alpha value is -4.00. The fourth-order valence-electron chi connectivity index (χ4n) is 4.39. The van der Waals surface area contributed by atoms with Crippen LogP contribution in [0.15, 0.2) is 71.7 Å². The van der Waals surface area contributed by atoms with Gasteiger partial charge in [0.15, 0.2) is 0 Å². The SMILES string of the molecule is O=C(NCc1ccnc(OCc2ccccc2)c1)c1ccc2c(=O)n3c(nc2c1)CCCCCC3. The quantitative estimate of drug-likeness (QED) is 0.453. The monoisotopic (exact) mass is 468 g/mol. The summed E-state index contributed by atoms with van der Waals surface area (Å²) < 4.78 is 7.59. The average molecular weight is 469 g/mol. The van der Waals surface area contributed by atoms with E-state index in [1.165, 1.54) is 0 Å². The standard InChI is InChI=1S/C28H28N4O3/c33-27(30-18-21-13-14-29-26(16-21)35-19-20-8-4-3-5-9-20)22-11-12-23-24(17-22)31-25-10-6-1-2-7-15-32(25)28(23)34/h3-5,8-9,11-14,16-17H,1-2,6-7,10,15,18-19H2,(H,30,33). The summed E-state index contributed by atoms with van der Waals surface area (Å²) in [5, 5.41) is 3.50. The largest absolute Gasteiger partial charge is 0.473 e. The van der Waals surface area contributed by atoms with Gasteiger partial charge in [0.25, 0.3) is 11.5 Å². The van der Waals surface area contributed by atoms with Crippen LogP contribution in [0.5, 0.6) is 5.88 Å². The summed E-state index contributed by atoms with van der Waals surface area (Å²) in [5.74, 6) is 1.11. The lowest BCUT2D eigenvalue weighted by atomic mass is 10.1. The number of aromatic nitrogens is 3. The number of hydrogen-bond acceptors (Lipinski definition) is 5. The van der Waals surface area contributed by atoms with Crippen LogP contribution in [0.1, 0.15) is 53.0 Å². The van der Waals surface area contributed by atoms with E-state index in [0.29, 0.717) is 42.0 Å². The van der Waals surface area contributed by atoms with E-state index in [9.17, 15) is 9.59 Å². The smallest absolute Gasteiger partial charge is 0.261 e. The van der Waals surface area contributed by atoms with E-state index in [0.717, 1.165) is 49.1 Å². The highest BCUT2D eigenvalue weighted by molar-refractivity contribution is 5.97. The number of rotatable bonds is 6. The van der Waals surface area contributed by atoms with Gasteiger partial charge >= 0.3 is 0 Å². The number of hydrogen-bond donors (Lipinski definition) is 1. The first-order valence-electron chi connectivity index (χ1n) is 12.1. The van der Waals surface area contributed by atoms with Crippen LogP contribution >= 0.6 is 0 Å². The molecule has 0 aliphatic carbocycles. The Balaban J connectivity index is 1.27. The second kappa shape index (κ2) is 10.5. The van der Waals surface area contributed by atoms with Gasteiger partial charge in [0, 0.05) is 37.3 Å². The Morgan fingerprint density at radius 1 is 0.971 bits per heavy atom. The number of ether oxygens (including phenoxy) is 1. The van der Waals surface area contributed by atoms with Crippen molar-refractivity contribution in [1.82, 2.24) is 19.9 Å². The lowest BCUT2D eigenvalue weighted by Gasteiger charge is -2.16. The Kier molecular flexibility index (Phi) is 6.84. The second-order valence-electron chi connectivity index (χ2n) is 8.84. The molecule has 4 aromatic rings. The highest BCUT2D eigenvalue weighted by Crippen LogP contribution is 2.17. The molecule has 5 rings (SSSR count). The predicted molar refractivity (Wildman–Crippen MR) is 134 cm³/mol. The Bertz CT molecular complexity index is 1400. The van der Waals surface area contributed by atoms with Gasteiger partial charge in [-0.1, -0.05) is 43.2 Å². The maximum absolute atomic E-state index is 13.0. The molecule has 0 unspecified atom stereocenters. The van der Waals surface area contributed by atoms with Crippen LogP contribution in [0.25, 0.3) is 10.9 Å². The van der Waals surface area contributed by atoms with Gasteiger partial charge in [0.1, 0.15) is 12.4 Å². The summed E-state index contributed by atoms with van der Waals surface area (Å²) >= 11 is 0. The molecule has 7 heteroatoms. The van der Waals surface area contributed by atoms with Gasteiger partial charge in [-0.15, -0.1) is 0 Å². The third-order valence-corrected chi connectivity index (χ3v) is 6.31. The van der Waals surface area contributed by atoms with Crippen LogP contribution in [0.2, 0.25) is 0 Å². The van der Waals surface area contributed by atoms with Crippen molar-refractivity contribution in [1.29, 1.82) is 0 Å². The molecule has 178 valence electrons. The normalized spacial score (nSPS) is 13.5. The summed E-state index contributed by atoms with van der Waals surface area (Å²) in [6, 6.07) is 18.7. The van der Waals surface area contributed by atoms with Crippen LogP contribution in [-0.2, 0) is 26.1 Å². The molecule has 0 radical (unpaired) electrons. The first kappa shape index (κ1) is 22.8. The second-order valence-corrected chi connectivity index (χ2v) is 8.84. The number of fused-ring (bicyclic) bond motifs is 2. The highest BCUT2D eigenvalue weighted by Gasteiger charge is 2.15. The molecule has 7 nitrogen and oxygen atoms in total. The van der Waals surface area contributed by atoms with E-state index < -0.39 is 0 Å². The molecule has 0 saturated heterocycles. The summed E-state index contributed by atoms with van der Waals surface area (Å²) in [5.41, 5.74) is 2.99. The van der Waals surface area contributed by atoms with Crippen molar-refractivity contribution < 1.29 is 9.53 Å². The van der Waals surface area contributed by atoms with Gasteiger partial charge < -0.3 is 10.1 Å². The molecule has 1 aliphatic rings. The van der Waals surface area contributed by atoms with E-state index >= 15 is 0 Å². The first-order valence-corrected chi connectivity index (χ1v) is 12.1. The van der Waals surface area contributed by atoms with Crippen molar-refractivity contribution in [2.45, 2.75) is 51.8 Å². The van der Waals surface area contributed by atoms with E-state index in [-0.39, 0.29) is 11.5 Å². The van der Waals surface area contributed by atoms with Crippen LogP contribution < -0.4 is 15.6 Å². The predicted octanol–water partition coefficient (Wildman–Crippen LogP) is 4.42. The Morgan fingerprint density at radius 3 is 2.71 bits per heavy atom. The molecule has 1 N–H and O–H groups in total. The van der Waals surface area contributed by atoms with E-state index in [1.807, 2.05) is 47.0 Å². The van der Waals surface area contributed by atoms with E-state index in [2.05, 4.69) is 10.3 Å². The Labute approximate surface area is 203 Å². The van der Waals surface area contributed by atoms with Gasteiger partial charge in [0.2, 0.25) is 5.88 Å². The van der Waals surface area contributed by atoms with Crippen molar-refractivity contribution in [2.75, 3.05) is 0 Å². The summed E-state index contributed by atoms with van der Waals surface area (Å²) in [4.78, 5) is 34.9. The minimum Gasteiger partial charge on any atom is -0.473 e. The topological polar surface area (TPSA) is 86.1 Å². The van der Waals surface area contributed by atoms with Crippen LogP contribution in [0.3, 0.4) is 0 Å². The molecule has 1 aliphatic heterocycles. The van der Waals surface area contributed by atoms with Crippen LogP contribution in [0.4, 0.5) is 0 Å². The molecule has 2 aromatic heterocycles. The number of nitrogens with one attached hydrogen (secondary N) is 1. The van der Waals surface area contributed by atoms with Gasteiger partial charge in [0.05, 0.1) is 10.9 Å². The first-order chi connectivity index (χ1) is 17.2. The number of carbonyl (C=O) groups is 1. The van der Waals surface area contributed by atoms with Gasteiger partial charge in [-0.05, 0) is 48.2 Å². The molecule has 0 spiro atoms. The van der Waals surface area contributed by atoms with Crippen LogP contribution in [-0.4, -0.2) is 20.4 Å². The summed E-state index contributed by atoms with van der Waals surface area (Å²) in [6.45, 7) is 1.47. The van der Waals surface area contributed by atoms with Crippen LogP contribution in [0, 0.1) is 0 Å². The molecule has 0 bridgehead atoms. The lowest BCUT2D eigenvalue weighted by Crippen LogP contribution is -2.27. The molecule has 0 fully saturated rings. The number of pyridine rings is 1. The molecule has 35 heavy (non-hydrogen) atoms. The van der Waals surface area contributed by atoms with Gasteiger partial charge in [-0.2, -0.15) is 0 Å². The number of benzene rings is 2. The van der Waals surface area contributed by atoms with Crippen molar-refractivity contribution >= 4 is 16.8 Å². The highest BCUT2D eigenvalue weighted by atomic mass is 16.5. The zero-order valence-corrected chi connectivity index (χ0v) is 19.6.